The Morgan fingerprint density at radius 1 is 1.10 bits per heavy atom. The van der Waals surface area contributed by atoms with Gasteiger partial charge in [-0.1, -0.05) is 0 Å². The van der Waals surface area contributed by atoms with Crippen molar-refractivity contribution in [1.82, 2.24) is 33.7 Å². The minimum atomic E-state index is 0.514. The van der Waals surface area contributed by atoms with Gasteiger partial charge < -0.3 is 14.2 Å². The second-order valence-corrected chi connectivity index (χ2v) is 8.61. The summed E-state index contributed by atoms with van der Waals surface area (Å²) in [5.41, 5.74) is 5.09. The zero-order valence-corrected chi connectivity index (χ0v) is 18.3. The monoisotopic (exact) mass is 434 g/mol. The lowest BCUT2D eigenvalue weighted by Crippen LogP contribution is -2.28. The van der Waals surface area contributed by atoms with Crippen LogP contribution in [0.4, 0.5) is 10.9 Å². The number of pyridine rings is 1. The number of rotatable bonds is 4. The lowest BCUT2D eigenvalue weighted by molar-refractivity contribution is 0.396. The Morgan fingerprint density at radius 2 is 2.03 bits per heavy atom. The molecule has 2 aliphatic rings. The minimum absolute atomic E-state index is 0.514. The summed E-state index contributed by atoms with van der Waals surface area (Å²) in [5, 5.41) is 5.72. The van der Waals surface area contributed by atoms with E-state index < -0.39 is 0 Å². The van der Waals surface area contributed by atoms with E-state index in [0.717, 1.165) is 48.9 Å². The standard InChI is InChI=1S/C21H22N8OS/c1-13-11-27(12-22-13)17-8-7-16(23-19(17)30-2)18-24-21(31-26-18)28-9-4-10-29-20(28)14-5-3-6-15(14)25-29/h7-8,11-12H,3-6,9-10H2,1-2H3. The van der Waals surface area contributed by atoms with Crippen LogP contribution in [-0.4, -0.2) is 47.3 Å². The van der Waals surface area contributed by atoms with Gasteiger partial charge in [-0.3, -0.25) is 0 Å². The molecule has 5 heterocycles. The molecule has 6 rings (SSSR count). The molecule has 0 aromatic carbocycles. The average molecular weight is 435 g/mol. The van der Waals surface area contributed by atoms with Gasteiger partial charge in [-0.15, -0.1) is 0 Å². The molecule has 31 heavy (non-hydrogen) atoms. The van der Waals surface area contributed by atoms with Crippen LogP contribution in [0.15, 0.2) is 24.7 Å². The van der Waals surface area contributed by atoms with E-state index in [1.807, 2.05) is 29.8 Å². The quantitative estimate of drug-likeness (QED) is 0.487. The molecule has 9 nitrogen and oxygen atoms in total. The smallest absolute Gasteiger partial charge is 0.238 e. The molecule has 4 aromatic heterocycles. The average Bonchev–Trinajstić information content (AvgIpc) is 3.56. The van der Waals surface area contributed by atoms with Gasteiger partial charge in [0, 0.05) is 36.4 Å². The molecule has 0 amide bonds. The fourth-order valence-corrected chi connectivity index (χ4v) is 5.15. The van der Waals surface area contributed by atoms with Crippen molar-refractivity contribution >= 4 is 22.5 Å². The van der Waals surface area contributed by atoms with Gasteiger partial charge in [0.05, 0.1) is 24.8 Å². The molecule has 0 atom stereocenters. The molecular weight excluding hydrogens is 412 g/mol. The highest BCUT2D eigenvalue weighted by atomic mass is 32.1. The highest BCUT2D eigenvalue weighted by Crippen LogP contribution is 2.39. The van der Waals surface area contributed by atoms with Crippen LogP contribution in [-0.2, 0) is 19.4 Å². The molecule has 0 spiro atoms. The minimum Gasteiger partial charge on any atom is -0.479 e. The maximum atomic E-state index is 5.55. The predicted molar refractivity (Wildman–Crippen MR) is 117 cm³/mol. The molecule has 158 valence electrons. The largest absolute Gasteiger partial charge is 0.479 e. The normalized spacial score (nSPS) is 15.2. The molecule has 0 radical (unpaired) electrons. The number of aromatic nitrogens is 7. The Kier molecular flexibility index (Phi) is 4.27. The summed E-state index contributed by atoms with van der Waals surface area (Å²) < 4.78 is 14.2. The lowest BCUT2D eigenvalue weighted by atomic mass is 10.2. The third-order valence-electron chi connectivity index (χ3n) is 5.85. The van der Waals surface area contributed by atoms with E-state index in [1.54, 1.807) is 13.4 Å². The van der Waals surface area contributed by atoms with Gasteiger partial charge in [0.25, 0.3) is 0 Å². The van der Waals surface area contributed by atoms with E-state index in [0.29, 0.717) is 17.4 Å². The van der Waals surface area contributed by atoms with Gasteiger partial charge >= 0.3 is 0 Å². The van der Waals surface area contributed by atoms with E-state index in [-0.39, 0.29) is 0 Å². The van der Waals surface area contributed by atoms with Crippen molar-refractivity contribution in [1.29, 1.82) is 0 Å². The molecule has 1 aliphatic carbocycles. The number of imidazole rings is 1. The first-order valence-electron chi connectivity index (χ1n) is 10.5. The zero-order valence-electron chi connectivity index (χ0n) is 17.4. The van der Waals surface area contributed by atoms with E-state index in [4.69, 9.17) is 14.8 Å². The van der Waals surface area contributed by atoms with Gasteiger partial charge in [-0.2, -0.15) is 14.5 Å². The van der Waals surface area contributed by atoms with Crippen molar-refractivity contribution in [2.75, 3.05) is 18.6 Å². The zero-order chi connectivity index (χ0) is 20.9. The molecule has 0 bridgehead atoms. The molecular formula is C21H22N8OS. The van der Waals surface area contributed by atoms with Gasteiger partial charge in [0.15, 0.2) is 5.82 Å². The molecule has 1 aliphatic heterocycles. The molecule has 10 heteroatoms. The van der Waals surface area contributed by atoms with Gasteiger partial charge in [0.1, 0.15) is 17.2 Å². The number of anilines is 2. The van der Waals surface area contributed by atoms with Crippen LogP contribution in [0, 0.1) is 6.92 Å². The van der Waals surface area contributed by atoms with Crippen LogP contribution in [0.5, 0.6) is 5.88 Å². The fraction of sp³-hybridized carbons (Fsp3) is 0.381. The van der Waals surface area contributed by atoms with E-state index in [9.17, 15) is 0 Å². The number of ether oxygens (including phenoxy) is 1. The summed E-state index contributed by atoms with van der Waals surface area (Å²) in [7, 11) is 1.62. The number of hydrogen-bond donors (Lipinski definition) is 0. The molecule has 0 unspecified atom stereocenters. The van der Waals surface area contributed by atoms with Gasteiger partial charge in [-0.05, 0) is 44.7 Å². The number of hydrogen-bond acceptors (Lipinski definition) is 8. The Hall–Kier alpha value is -3.27. The Bertz CT molecular complexity index is 1270. The summed E-state index contributed by atoms with van der Waals surface area (Å²) in [4.78, 5) is 16.1. The Labute approximate surface area is 183 Å². The Balaban J connectivity index is 1.35. The summed E-state index contributed by atoms with van der Waals surface area (Å²) in [6.45, 7) is 3.86. The third-order valence-corrected chi connectivity index (χ3v) is 6.59. The molecule has 0 N–H and O–H groups in total. The van der Waals surface area contributed by atoms with Gasteiger partial charge in [0.2, 0.25) is 11.0 Å². The maximum absolute atomic E-state index is 5.55. The van der Waals surface area contributed by atoms with Crippen molar-refractivity contribution in [2.24, 2.45) is 0 Å². The second-order valence-electron chi connectivity index (χ2n) is 7.88. The topological polar surface area (TPSA) is 86.8 Å². The van der Waals surface area contributed by atoms with Gasteiger partial charge in [-0.25, -0.2) is 14.6 Å². The summed E-state index contributed by atoms with van der Waals surface area (Å²) in [6.07, 6.45) is 8.11. The fourth-order valence-electron chi connectivity index (χ4n) is 4.44. The van der Waals surface area contributed by atoms with Crippen LogP contribution in [0.1, 0.15) is 29.8 Å². The van der Waals surface area contributed by atoms with E-state index >= 15 is 0 Å². The van der Waals surface area contributed by atoms with Crippen LogP contribution in [0.2, 0.25) is 0 Å². The van der Waals surface area contributed by atoms with E-state index in [1.165, 1.54) is 35.0 Å². The lowest BCUT2D eigenvalue weighted by Gasteiger charge is -2.28. The SMILES string of the molecule is COc1nc(-c2nsc(N3CCCn4nc5c(c43)CCC5)n2)ccc1-n1cnc(C)c1. The number of nitrogens with zero attached hydrogens (tertiary/aromatic N) is 8. The van der Waals surface area contributed by atoms with E-state index in [2.05, 4.69) is 23.9 Å². The highest BCUT2D eigenvalue weighted by Gasteiger charge is 2.30. The first kappa shape index (κ1) is 18.5. The van der Waals surface area contributed by atoms with Crippen molar-refractivity contribution in [2.45, 2.75) is 39.2 Å². The first-order chi connectivity index (χ1) is 15.2. The summed E-state index contributed by atoms with van der Waals surface area (Å²) in [6, 6.07) is 3.89. The van der Waals surface area contributed by atoms with Crippen molar-refractivity contribution in [3.05, 3.63) is 41.6 Å². The summed E-state index contributed by atoms with van der Waals surface area (Å²) in [5.74, 6) is 2.33. The predicted octanol–water partition coefficient (Wildman–Crippen LogP) is 3.33. The van der Waals surface area contributed by atoms with Crippen molar-refractivity contribution in [3.63, 3.8) is 0 Å². The van der Waals surface area contributed by atoms with Crippen molar-refractivity contribution < 1.29 is 4.74 Å². The molecule has 4 aromatic rings. The second kappa shape index (κ2) is 7.16. The third kappa shape index (κ3) is 3.01. The maximum Gasteiger partial charge on any atom is 0.238 e. The molecule has 0 saturated heterocycles. The molecule has 0 fully saturated rings. The Morgan fingerprint density at radius 3 is 2.87 bits per heavy atom. The van der Waals surface area contributed by atoms with Crippen LogP contribution < -0.4 is 9.64 Å². The van der Waals surface area contributed by atoms with Crippen LogP contribution >= 0.6 is 11.5 Å². The first-order valence-corrected chi connectivity index (χ1v) is 11.2. The van der Waals surface area contributed by atoms with Crippen LogP contribution in [0.25, 0.3) is 17.2 Å². The molecule has 0 saturated carbocycles. The highest BCUT2D eigenvalue weighted by molar-refractivity contribution is 7.10. The number of aryl methyl sites for hydroxylation is 3. The van der Waals surface area contributed by atoms with Crippen molar-refractivity contribution in [3.8, 4) is 23.1 Å². The number of fused-ring (bicyclic) bond motifs is 3. The number of methoxy groups -OCH3 is 1. The summed E-state index contributed by atoms with van der Waals surface area (Å²) >= 11 is 1.41. The van der Waals surface area contributed by atoms with Crippen LogP contribution in [0.3, 0.4) is 0 Å².